The molecule has 1 aromatic heterocycles. The van der Waals surface area contributed by atoms with Crippen molar-refractivity contribution < 1.29 is 9.53 Å². The van der Waals surface area contributed by atoms with E-state index < -0.39 is 5.56 Å². The summed E-state index contributed by atoms with van der Waals surface area (Å²) in [4.78, 5) is 25.8. The average molecular weight is 311 g/mol. The highest BCUT2D eigenvalue weighted by molar-refractivity contribution is 6.30. The highest BCUT2D eigenvalue weighted by Crippen LogP contribution is 2.39. The Kier molecular flexibility index (Phi) is 4.04. The van der Waals surface area contributed by atoms with Gasteiger partial charge in [-0.25, -0.2) is 0 Å². The van der Waals surface area contributed by atoms with Gasteiger partial charge in [-0.3, -0.25) is 9.59 Å². The molecule has 2 aliphatic rings. The third-order valence-electron chi connectivity index (χ3n) is 4.43. The van der Waals surface area contributed by atoms with Gasteiger partial charge in [-0.1, -0.05) is 30.9 Å². The molecule has 114 valence electrons. The smallest absolute Gasteiger partial charge is 0.266 e. The summed E-state index contributed by atoms with van der Waals surface area (Å²) in [6.45, 7) is 0.558. The second-order valence-electron chi connectivity index (χ2n) is 5.99. The van der Waals surface area contributed by atoms with Gasteiger partial charge in [0.2, 0.25) is 0 Å². The van der Waals surface area contributed by atoms with E-state index in [9.17, 15) is 9.59 Å². The first-order valence-electron chi connectivity index (χ1n) is 7.41. The van der Waals surface area contributed by atoms with Crippen molar-refractivity contribution in [1.82, 2.24) is 10.3 Å². The lowest BCUT2D eigenvalue weighted by atomic mass is 9.82. The van der Waals surface area contributed by atoms with Crippen molar-refractivity contribution >= 4 is 17.5 Å². The van der Waals surface area contributed by atoms with Gasteiger partial charge < -0.3 is 15.0 Å². The fourth-order valence-electron chi connectivity index (χ4n) is 3.34. The Morgan fingerprint density at radius 3 is 2.86 bits per heavy atom. The van der Waals surface area contributed by atoms with Crippen molar-refractivity contribution in [2.24, 2.45) is 0 Å². The minimum atomic E-state index is -0.390. The number of ether oxygens (including phenoxy) is 1. The fraction of sp³-hybridized carbons (Fsp3) is 0.600. The van der Waals surface area contributed by atoms with E-state index in [4.69, 9.17) is 16.3 Å². The third-order valence-corrected chi connectivity index (χ3v) is 4.71. The zero-order valence-electron chi connectivity index (χ0n) is 11.8. The summed E-state index contributed by atoms with van der Waals surface area (Å²) < 4.78 is 5.98. The number of hydrogen-bond acceptors (Lipinski definition) is 3. The zero-order chi connectivity index (χ0) is 14.9. The standard InChI is InChI=1S/C15H19ClN2O3/c16-12-6-10(8-17-14(12)20)13(19)18-11-7-15(21-9-11)4-2-1-3-5-15/h6,8,11H,1-5,7,9H2,(H,17,20)(H,18,19)/t11-/m1/s1. The number of pyridine rings is 1. The summed E-state index contributed by atoms with van der Waals surface area (Å²) in [5.41, 5.74) is -0.0541. The number of rotatable bonds is 2. The third kappa shape index (κ3) is 3.14. The number of amides is 1. The summed E-state index contributed by atoms with van der Waals surface area (Å²) in [6, 6.07) is 1.42. The van der Waals surface area contributed by atoms with Crippen molar-refractivity contribution in [3.8, 4) is 0 Å². The molecule has 2 N–H and O–H groups in total. The van der Waals surface area contributed by atoms with Crippen LogP contribution in [-0.4, -0.2) is 29.1 Å². The maximum atomic E-state index is 12.2. The first kappa shape index (κ1) is 14.6. The molecule has 3 rings (SSSR count). The van der Waals surface area contributed by atoms with E-state index >= 15 is 0 Å². The Morgan fingerprint density at radius 1 is 1.38 bits per heavy atom. The zero-order valence-corrected chi connectivity index (χ0v) is 12.5. The highest BCUT2D eigenvalue weighted by Gasteiger charge is 2.41. The first-order chi connectivity index (χ1) is 10.1. The van der Waals surface area contributed by atoms with Crippen LogP contribution in [0.5, 0.6) is 0 Å². The van der Waals surface area contributed by atoms with Crippen LogP contribution in [0.3, 0.4) is 0 Å². The van der Waals surface area contributed by atoms with Crippen LogP contribution in [0.1, 0.15) is 48.9 Å². The topological polar surface area (TPSA) is 71.2 Å². The molecule has 0 bridgehead atoms. The molecule has 1 amide bonds. The van der Waals surface area contributed by atoms with Crippen LogP contribution in [0.2, 0.25) is 5.02 Å². The number of carbonyl (C=O) groups is 1. The Morgan fingerprint density at radius 2 is 2.14 bits per heavy atom. The maximum Gasteiger partial charge on any atom is 0.266 e. The average Bonchev–Trinajstić information content (AvgIpc) is 2.85. The van der Waals surface area contributed by atoms with Gasteiger partial charge in [0, 0.05) is 6.20 Å². The molecule has 6 heteroatoms. The molecule has 0 aromatic carbocycles. The fourth-order valence-corrected chi connectivity index (χ4v) is 3.51. The summed E-state index contributed by atoms with van der Waals surface area (Å²) in [5, 5.41) is 2.99. The lowest BCUT2D eigenvalue weighted by molar-refractivity contribution is -0.0246. The highest BCUT2D eigenvalue weighted by atomic mass is 35.5. The quantitative estimate of drug-likeness (QED) is 0.880. The van der Waals surface area contributed by atoms with Crippen molar-refractivity contribution in [3.05, 3.63) is 33.2 Å². The largest absolute Gasteiger partial charge is 0.373 e. The molecule has 0 radical (unpaired) electrons. The summed E-state index contributed by atoms with van der Waals surface area (Å²) in [5.74, 6) is -0.227. The molecule has 5 nitrogen and oxygen atoms in total. The minimum Gasteiger partial charge on any atom is -0.373 e. The van der Waals surface area contributed by atoms with E-state index in [1.165, 1.54) is 31.5 Å². The number of hydrogen-bond donors (Lipinski definition) is 2. The van der Waals surface area contributed by atoms with E-state index in [0.29, 0.717) is 12.2 Å². The monoisotopic (exact) mass is 310 g/mol. The van der Waals surface area contributed by atoms with Crippen molar-refractivity contribution in [2.45, 2.75) is 50.2 Å². The second kappa shape index (κ2) is 5.81. The molecule has 1 aliphatic carbocycles. The van der Waals surface area contributed by atoms with Crippen LogP contribution < -0.4 is 10.9 Å². The molecule has 1 saturated carbocycles. The Balaban J connectivity index is 1.63. The van der Waals surface area contributed by atoms with Crippen LogP contribution in [0, 0.1) is 0 Å². The molecular weight excluding hydrogens is 292 g/mol. The Labute approximate surface area is 128 Å². The van der Waals surface area contributed by atoms with Crippen LogP contribution in [-0.2, 0) is 4.74 Å². The number of carbonyl (C=O) groups excluding carboxylic acids is 1. The number of halogens is 1. The minimum absolute atomic E-state index is 0.0223. The summed E-state index contributed by atoms with van der Waals surface area (Å²) in [6.07, 6.45) is 8.11. The van der Waals surface area contributed by atoms with Crippen LogP contribution in [0.4, 0.5) is 0 Å². The van der Waals surface area contributed by atoms with Crippen molar-refractivity contribution in [3.63, 3.8) is 0 Å². The van der Waals surface area contributed by atoms with Crippen molar-refractivity contribution in [1.29, 1.82) is 0 Å². The lowest BCUT2D eigenvalue weighted by Crippen LogP contribution is -2.37. The molecule has 2 fully saturated rings. The van der Waals surface area contributed by atoms with Gasteiger partial charge in [0.1, 0.15) is 5.02 Å². The Bertz CT molecular complexity index is 593. The van der Waals surface area contributed by atoms with Gasteiger partial charge >= 0.3 is 0 Å². The van der Waals surface area contributed by atoms with E-state index in [1.807, 2.05) is 0 Å². The Hall–Kier alpha value is -1.33. The van der Waals surface area contributed by atoms with Gasteiger partial charge in [-0.05, 0) is 25.3 Å². The molecule has 1 saturated heterocycles. The number of aromatic amines is 1. The van der Waals surface area contributed by atoms with Crippen LogP contribution in [0.15, 0.2) is 17.1 Å². The van der Waals surface area contributed by atoms with E-state index in [0.717, 1.165) is 19.3 Å². The number of aromatic nitrogens is 1. The molecule has 1 spiro atoms. The first-order valence-corrected chi connectivity index (χ1v) is 7.79. The van der Waals surface area contributed by atoms with Gasteiger partial charge in [0.05, 0.1) is 23.8 Å². The van der Waals surface area contributed by atoms with E-state index in [2.05, 4.69) is 10.3 Å². The maximum absolute atomic E-state index is 12.2. The second-order valence-corrected chi connectivity index (χ2v) is 6.40. The molecule has 21 heavy (non-hydrogen) atoms. The predicted octanol–water partition coefficient (Wildman–Crippen LogP) is 2.25. The summed E-state index contributed by atoms with van der Waals surface area (Å²) in [7, 11) is 0. The van der Waals surface area contributed by atoms with Crippen LogP contribution >= 0.6 is 11.6 Å². The van der Waals surface area contributed by atoms with Gasteiger partial charge in [0.25, 0.3) is 11.5 Å². The lowest BCUT2D eigenvalue weighted by Gasteiger charge is -2.32. The molecule has 1 aliphatic heterocycles. The van der Waals surface area contributed by atoms with E-state index in [1.54, 1.807) is 0 Å². The number of nitrogens with one attached hydrogen (secondary N) is 2. The SMILES string of the molecule is O=C(N[C@H]1COC2(CCCCC2)C1)c1c[nH]c(=O)c(Cl)c1. The van der Waals surface area contributed by atoms with Crippen molar-refractivity contribution in [2.75, 3.05) is 6.61 Å². The predicted molar refractivity (Wildman–Crippen MR) is 79.7 cm³/mol. The normalized spacial score (nSPS) is 24.1. The molecule has 1 atom stereocenters. The summed E-state index contributed by atoms with van der Waals surface area (Å²) >= 11 is 5.74. The molecule has 0 unspecified atom stereocenters. The van der Waals surface area contributed by atoms with Crippen LogP contribution in [0.25, 0.3) is 0 Å². The van der Waals surface area contributed by atoms with Gasteiger partial charge in [-0.2, -0.15) is 0 Å². The van der Waals surface area contributed by atoms with Gasteiger partial charge in [-0.15, -0.1) is 0 Å². The molecular formula is C15H19ClN2O3. The van der Waals surface area contributed by atoms with Gasteiger partial charge in [0.15, 0.2) is 0 Å². The molecule has 2 heterocycles. The molecule has 1 aromatic rings. The number of H-pyrrole nitrogens is 1. The van der Waals surface area contributed by atoms with E-state index in [-0.39, 0.29) is 22.6 Å².